The molecule has 1 saturated carbocycles. The molecule has 32 heavy (non-hydrogen) atoms. The first-order chi connectivity index (χ1) is 15.6. The quantitative estimate of drug-likeness (QED) is 0.593. The number of aryl methyl sites for hydroxylation is 1. The van der Waals surface area contributed by atoms with Gasteiger partial charge in [0.25, 0.3) is 5.56 Å². The number of benzene rings is 1. The molecule has 0 amide bonds. The summed E-state index contributed by atoms with van der Waals surface area (Å²) in [5.41, 5.74) is 3.07. The van der Waals surface area contributed by atoms with Gasteiger partial charge in [-0.3, -0.25) is 9.36 Å². The molecule has 1 aromatic carbocycles. The Kier molecular flexibility index (Phi) is 6.13. The van der Waals surface area contributed by atoms with Gasteiger partial charge in [-0.15, -0.1) is 0 Å². The number of aromatic nitrogens is 4. The summed E-state index contributed by atoms with van der Waals surface area (Å²) in [6.07, 6.45) is 9.13. The monoisotopic (exact) mass is 434 g/mol. The summed E-state index contributed by atoms with van der Waals surface area (Å²) in [6.45, 7) is 6.68. The second-order valence-corrected chi connectivity index (χ2v) is 9.92. The van der Waals surface area contributed by atoms with Crippen molar-refractivity contribution in [2.45, 2.75) is 71.3 Å². The molecule has 0 bridgehead atoms. The van der Waals surface area contributed by atoms with Crippen LogP contribution in [0.5, 0.6) is 0 Å². The summed E-state index contributed by atoms with van der Waals surface area (Å²) < 4.78 is 9.32. The normalized spacial score (nSPS) is 22.4. The zero-order valence-corrected chi connectivity index (χ0v) is 19.3. The van der Waals surface area contributed by atoms with E-state index in [1.165, 1.54) is 36.8 Å². The van der Waals surface area contributed by atoms with E-state index in [9.17, 15) is 4.79 Å². The number of rotatable bonds is 5. The van der Waals surface area contributed by atoms with E-state index in [1.54, 1.807) is 6.20 Å². The third-order valence-corrected chi connectivity index (χ3v) is 7.40. The van der Waals surface area contributed by atoms with Crippen LogP contribution in [0.2, 0.25) is 0 Å². The lowest BCUT2D eigenvalue weighted by Gasteiger charge is -2.27. The fourth-order valence-electron chi connectivity index (χ4n) is 5.25. The van der Waals surface area contributed by atoms with Crippen molar-refractivity contribution in [2.24, 2.45) is 11.8 Å². The minimum atomic E-state index is 0.0477. The maximum atomic E-state index is 13.7. The first-order valence-electron chi connectivity index (χ1n) is 12.2. The second-order valence-electron chi connectivity index (χ2n) is 9.92. The van der Waals surface area contributed by atoms with Gasteiger partial charge in [0.1, 0.15) is 11.6 Å². The lowest BCUT2D eigenvalue weighted by molar-refractivity contribution is 0.0832. The van der Waals surface area contributed by atoms with Crippen molar-refractivity contribution >= 4 is 5.52 Å². The highest BCUT2D eigenvalue weighted by molar-refractivity contribution is 5.43. The van der Waals surface area contributed by atoms with Crippen LogP contribution in [-0.4, -0.2) is 32.4 Å². The Hall–Kier alpha value is -2.47. The van der Waals surface area contributed by atoms with Crippen molar-refractivity contribution < 1.29 is 4.74 Å². The molecule has 2 aliphatic rings. The standard InChI is InChI=1S/C26H34N4O2/c1-18-3-7-20(8-4-18)15-24-28-30-23(16-27-25(30)22-11-13-32-14-12-22)26(31)29(24)17-21-9-5-19(2)6-10-21/h3-4,7-8,16,19,21-22H,5-6,9-15,17H2,1-2H3. The van der Waals surface area contributed by atoms with Crippen LogP contribution < -0.4 is 5.56 Å². The Morgan fingerprint density at radius 3 is 2.47 bits per heavy atom. The van der Waals surface area contributed by atoms with E-state index in [-0.39, 0.29) is 5.56 Å². The minimum Gasteiger partial charge on any atom is -0.381 e. The van der Waals surface area contributed by atoms with Crippen molar-refractivity contribution in [3.8, 4) is 0 Å². The van der Waals surface area contributed by atoms with Crippen LogP contribution in [0.3, 0.4) is 0 Å². The van der Waals surface area contributed by atoms with Gasteiger partial charge in [-0.05, 0) is 50.0 Å². The van der Waals surface area contributed by atoms with Crippen LogP contribution in [-0.2, 0) is 17.7 Å². The van der Waals surface area contributed by atoms with Crippen molar-refractivity contribution in [1.82, 2.24) is 19.2 Å². The molecule has 0 radical (unpaired) electrons. The fraction of sp³-hybridized carbons (Fsp3) is 0.577. The van der Waals surface area contributed by atoms with E-state index in [1.807, 2.05) is 9.08 Å². The van der Waals surface area contributed by atoms with Crippen LogP contribution in [0.1, 0.15) is 74.1 Å². The minimum absolute atomic E-state index is 0.0477. The number of nitrogens with zero attached hydrogens (tertiary/aromatic N) is 4. The van der Waals surface area contributed by atoms with Gasteiger partial charge in [0, 0.05) is 32.1 Å². The molecular weight excluding hydrogens is 400 g/mol. The molecule has 2 fully saturated rings. The first-order valence-corrected chi connectivity index (χ1v) is 12.2. The Labute approximate surface area is 189 Å². The Morgan fingerprint density at radius 1 is 1.03 bits per heavy atom. The largest absolute Gasteiger partial charge is 0.381 e. The van der Waals surface area contributed by atoms with E-state index in [4.69, 9.17) is 9.84 Å². The van der Waals surface area contributed by atoms with Crippen LogP contribution in [0.25, 0.3) is 5.52 Å². The molecular formula is C26H34N4O2. The number of hydrogen-bond acceptors (Lipinski definition) is 4. The molecule has 1 aliphatic carbocycles. The SMILES string of the molecule is Cc1ccc(Cc2nn3c(C4CCOCC4)ncc3c(=O)n2CC2CCC(C)CC2)cc1. The smallest absolute Gasteiger partial charge is 0.279 e. The number of fused-ring (bicyclic) bond motifs is 1. The molecule has 5 rings (SSSR count). The van der Waals surface area contributed by atoms with E-state index >= 15 is 0 Å². The second kappa shape index (κ2) is 9.18. The zero-order valence-electron chi connectivity index (χ0n) is 19.3. The summed E-state index contributed by atoms with van der Waals surface area (Å²) in [4.78, 5) is 18.3. The van der Waals surface area contributed by atoms with E-state index < -0.39 is 0 Å². The van der Waals surface area contributed by atoms with Crippen LogP contribution >= 0.6 is 0 Å². The fourth-order valence-corrected chi connectivity index (χ4v) is 5.25. The van der Waals surface area contributed by atoms with Gasteiger partial charge in [-0.2, -0.15) is 5.10 Å². The summed E-state index contributed by atoms with van der Waals surface area (Å²) in [5, 5.41) is 5.05. The Balaban J connectivity index is 1.55. The highest BCUT2D eigenvalue weighted by atomic mass is 16.5. The van der Waals surface area contributed by atoms with Crippen LogP contribution in [0.4, 0.5) is 0 Å². The predicted octanol–water partition coefficient (Wildman–Crippen LogP) is 4.51. The highest BCUT2D eigenvalue weighted by Gasteiger charge is 2.25. The van der Waals surface area contributed by atoms with Crippen molar-refractivity contribution in [2.75, 3.05) is 13.2 Å². The topological polar surface area (TPSA) is 61.4 Å². The van der Waals surface area contributed by atoms with Crippen LogP contribution in [0.15, 0.2) is 35.3 Å². The van der Waals surface area contributed by atoms with E-state index in [0.29, 0.717) is 23.8 Å². The highest BCUT2D eigenvalue weighted by Crippen LogP contribution is 2.30. The average molecular weight is 435 g/mol. The van der Waals surface area contributed by atoms with Crippen molar-refractivity contribution in [3.63, 3.8) is 0 Å². The maximum Gasteiger partial charge on any atom is 0.279 e. The lowest BCUT2D eigenvalue weighted by atomic mass is 9.83. The summed E-state index contributed by atoms with van der Waals surface area (Å²) in [6, 6.07) is 8.55. The maximum absolute atomic E-state index is 13.7. The van der Waals surface area contributed by atoms with Gasteiger partial charge in [-0.25, -0.2) is 9.50 Å². The average Bonchev–Trinajstić information content (AvgIpc) is 3.24. The van der Waals surface area contributed by atoms with Crippen molar-refractivity contribution in [3.05, 3.63) is 63.6 Å². The summed E-state index contributed by atoms with van der Waals surface area (Å²) in [5.74, 6) is 3.39. The third kappa shape index (κ3) is 4.38. The zero-order chi connectivity index (χ0) is 22.1. The van der Waals surface area contributed by atoms with Gasteiger partial charge >= 0.3 is 0 Å². The van der Waals surface area contributed by atoms with Crippen molar-refractivity contribution in [1.29, 1.82) is 0 Å². The molecule has 3 heterocycles. The molecule has 1 saturated heterocycles. The third-order valence-electron chi connectivity index (χ3n) is 7.40. The summed E-state index contributed by atoms with van der Waals surface area (Å²) in [7, 11) is 0. The van der Waals surface area contributed by atoms with Gasteiger partial charge in [-0.1, -0.05) is 49.6 Å². The molecule has 170 valence electrons. The molecule has 0 spiro atoms. The van der Waals surface area contributed by atoms with Gasteiger partial charge in [0.2, 0.25) is 0 Å². The number of hydrogen-bond donors (Lipinski definition) is 0. The van der Waals surface area contributed by atoms with Gasteiger partial charge < -0.3 is 4.74 Å². The number of imidazole rings is 1. The van der Waals surface area contributed by atoms with Gasteiger partial charge in [0.15, 0.2) is 5.52 Å². The van der Waals surface area contributed by atoms with Crippen LogP contribution in [0, 0.1) is 18.8 Å². The predicted molar refractivity (Wildman–Crippen MR) is 125 cm³/mol. The molecule has 6 heteroatoms. The molecule has 6 nitrogen and oxygen atoms in total. The molecule has 3 aromatic rings. The molecule has 0 atom stereocenters. The van der Waals surface area contributed by atoms with E-state index in [2.05, 4.69) is 43.1 Å². The lowest BCUT2D eigenvalue weighted by Crippen LogP contribution is -2.32. The molecule has 1 aliphatic heterocycles. The first kappa shape index (κ1) is 21.4. The molecule has 2 aromatic heterocycles. The Bertz CT molecular complexity index is 1120. The molecule has 0 N–H and O–H groups in total. The number of ether oxygens (including phenoxy) is 1. The van der Waals surface area contributed by atoms with Gasteiger partial charge in [0.05, 0.1) is 6.20 Å². The Morgan fingerprint density at radius 2 is 1.75 bits per heavy atom. The van der Waals surface area contributed by atoms with E-state index in [0.717, 1.165) is 50.2 Å². The molecule has 0 unspecified atom stereocenters. The summed E-state index contributed by atoms with van der Waals surface area (Å²) >= 11 is 0.